The summed E-state index contributed by atoms with van der Waals surface area (Å²) in [6.45, 7) is 3.82. The molecule has 3 heteroatoms. The molecular weight excluding hydrogens is 164 g/mol. The van der Waals surface area contributed by atoms with E-state index >= 15 is 0 Å². The molecular formula is C10H22N2O. The van der Waals surface area contributed by atoms with Crippen LogP contribution in [0, 0.1) is 0 Å². The van der Waals surface area contributed by atoms with Gasteiger partial charge in [0.25, 0.3) is 0 Å². The Balaban J connectivity index is 1.86. The average molecular weight is 186 g/mol. The van der Waals surface area contributed by atoms with E-state index in [1.807, 2.05) is 0 Å². The minimum absolute atomic E-state index is 0.337. The molecule has 0 radical (unpaired) electrons. The predicted octanol–water partition coefficient (Wildman–Crippen LogP) is 1.14. The van der Waals surface area contributed by atoms with Crippen LogP contribution in [0.4, 0.5) is 0 Å². The van der Waals surface area contributed by atoms with E-state index < -0.39 is 0 Å². The van der Waals surface area contributed by atoms with E-state index in [1.165, 1.54) is 38.8 Å². The smallest absolute Gasteiger partial charge is 0.0431 e. The first-order valence-corrected chi connectivity index (χ1v) is 5.53. The lowest BCUT2D eigenvalue weighted by Crippen LogP contribution is -2.42. The lowest BCUT2D eigenvalue weighted by molar-refractivity contribution is 0.153. The monoisotopic (exact) mass is 186 g/mol. The summed E-state index contributed by atoms with van der Waals surface area (Å²) in [5.74, 6) is 0. The molecule has 1 rings (SSSR count). The van der Waals surface area contributed by atoms with Crippen molar-refractivity contribution in [2.24, 2.45) is 0 Å². The number of aliphatic hydroxyl groups is 1. The van der Waals surface area contributed by atoms with Crippen LogP contribution >= 0.6 is 0 Å². The second-order valence-electron chi connectivity index (χ2n) is 3.74. The number of nitrogens with zero attached hydrogens (tertiary/aromatic N) is 1. The second-order valence-corrected chi connectivity index (χ2v) is 3.74. The Morgan fingerprint density at radius 3 is 2.46 bits per heavy atom. The highest BCUT2D eigenvalue weighted by Gasteiger charge is 2.07. The molecule has 0 saturated carbocycles. The van der Waals surface area contributed by atoms with E-state index in [-0.39, 0.29) is 0 Å². The third-order valence-electron chi connectivity index (χ3n) is 2.53. The van der Waals surface area contributed by atoms with E-state index in [9.17, 15) is 0 Å². The van der Waals surface area contributed by atoms with Gasteiger partial charge in [-0.15, -0.1) is 0 Å². The summed E-state index contributed by atoms with van der Waals surface area (Å²) in [6, 6.07) is 0. The van der Waals surface area contributed by atoms with Gasteiger partial charge in [0.05, 0.1) is 0 Å². The Bertz CT molecular complexity index is 113. The summed E-state index contributed by atoms with van der Waals surface area (Å²) in [5.41, 5.74) is 3.43. The fraction of sp³-hybridized carbons (Fsp3) is 1.00. The van der Waals surface area contributed by atoms with E-state index in [1.54, 1.807) is 0 Å². The molecule has 1 aliphatic rings. The minimum Gasteiger partial charge on any atom is -0.396 e. The number of hydrazine groups is 1. The van der Waals surface area contributed by atoms with Crippen LogP contribution in [0.25, 0.3) is 0 Å². The molecule has 0 aromatic carbocycles. The quantitative estimate of drug-likeness (QED) is 0.611. The van der Waals surface area contributed by atoms with E-state index in [4.69, 9.17) is 5.11 Å². The summed E-state index contributed by atoms with van der Waals surface area (Å²) in [7, 11) is 0. The largest absolute Gasteiger partial charge is 0.396 e. The normalized spacial score (nSPS) is 19.2. The van der Waals surface area contributed by atoms with Gasteiger partial charge in [-0.1, -0.05) is 6.42 Å². The van der Waals surface area contributed by atoms with Gasteiger partial charge in [0, 0.05) is 26.2 Å². The number of hydrogen-bond acceptors (Lipinski definition) is 3. The number of nitrogens with one attached hydrogen (secondary N) is 1. The predicted molar refractivity (Wildman–Crippen MR) is 54.4 cm³/mol. The summed E-state index contributed by atoms with van der Waals surface area (Å²) in [6.07, 6.45) is 7.33. The lowest BCUT2D eigenvalue weighted by atomic mass is 10.2. The molecule has 0 amide bonds. The fourth-order valence-electron chi connectivity index (χ4n) is 1.70. The van der Waals surface area contributed by atoms with Crippen molar-refractivity contribution in [1.82, 2.24) is 10.4 Å². The number of piperidine rings is 1. The average Bonchev–Trinajstić information content (AvgIpc) is 2.19. The van der Waals surface area contributed by atoms with Gasteiger partial charge < -0.3 is 5.11 Å². The van der Waals surface area contributed by atoms with Gasteiger partial charge in [-0.25, -0.2) is 5.01 Å². The van der Waals surface area contributed by atoms with Crippen LogP contribution in [0.1, 0.15) is 38.5 Å². The standard InChI is InChI=1S/C10H22N2O/c13-10-6-1-3-7-11-12-8-4-2-5-9-12/h11,13H,1-10H2. The Hall–Kier alpha value is -0.120. The van der Waals surface area contributed by atoms with Crippen molar-refractivity contribution >= 4 is 0 Å². The first kappa shape index (κ1) is 11.0. The molecule has 1 fully saturated rings. The number of aliphatic hydroxyl groups excluding tert-OH is 1. The molecule has 1 heterocycles. The molecule has 0 aliphatic carbocycles. The van der Waals surface area contributed by atoms with Crippen molar-refractivity contribution < 1.29 is 5.11 Å². The van der Waals surface area contributed by atoms with E-state index in [0.29, 0.717) is 6.61 Å². The molecule has 0 bridgehead atoms. The van der Waals surface area contributed by atoms with Crippen LogP contribution in [0.15, 0.2) is 0 Å². The Labute approximate surface area is 81.1 Å². The van der Waals surface area contributed by atoms with Crippen molar-refractivity contribution in [3.05, 3.63) is 0 Å². The van der Waals surface area contributed by atoms with Gasteiger partial charge in [0.15, 0.2) is 0 Å². The molecule has 2 N–H and O–H groups in total. The van der Waals surface area contributed by atoms with Crippen molar-refractivity contribution in [2.75, 3.05) is 26.2 Å². The first-order valence-electron chi connectivity index (χ1n) is 5.53. The number of unbranched alkanes of at least 4 members (excludes halogenated alkanes) is 2. The van der Waals surface area contributed by atoms with Crippen molar-refractivity contribution in [3.8, 4) is 0 Å². The summed E-state index contributed by atoms with van der Waals surface area (Å²) < 4.78 is 0. The molecule has 3 nitrogen and oxygen atoms in total. The first-order chi connectivity index (χ1) is 6.43. The summed E-state index contributed by atoms with van der Waals surface area (Å²) in [4.78, 5) is 0. The van der Waals surface area contributed by atoms with E-state index in [0.717, 1.165) is 19.4 Å². The highest BCUT2D eigenvalue weighted by atomic mass is 16.2. The number of rotatable bonds is 6. The highest BCUT2D eigenvalue weighted by molar-refractivity contribution is 4.60. The van der Waals surface area contributed by atoms with Crippen LogP contribution in [-0.4, -0.2) is 36.4 Å². The third-order valence-corrected chi connectivity index (χ3v) is 2.53. The van der Waals surface area contributed by atoms with Crippen LogP contribution < -0.4 is 5.43 Å². The molecule has 0 atom stereocenters. The molecule has 0 aromatic rings. The third kappa shape index (κ3) is 5.24. The Morgan fingerprint density at radius 1 is 1.00 bits per heavy atom. The molecule has 0 unspecified atom stereocenters. The zero-order valence-corrected chi connectivity index (χ0v) is 8.47. The number of hydrogen-bond donors (Lipinski definition) is 2. The molecule has 1 aliphatic heterocycles. The van der Waals surface area contributed by atoms with E-state index in [2.05, 4.69) is 10.4 Å². The van der Waals surface area contributed by atoms with Gasteiger partial charge in [-0.3, -0.25) is 5.43 Å². The van der Waals surface area contributed by atoms with Crippen molar-refractivity contribution in [2.45, 2.75) is 38.5 Å². The summed E-state index contributed by atoms with van der Waals surface area (Å²) in [5, 5.41) is 10.9. The van der Waals surface area contributed by atoms with Gasteiger partial charge in [-0.05, 0) is 32.1 Å². The maximum Gasteiger partial charge on any atom is 0.0431 e. The van der Waals surface area contributed by atoms with Crippen LogP contribution in [0.2, 0.25) is 0 Å². The molecule has 13 heavy (non-hydrogen) atoms. The van der Waals surface area contributed by atoms with Crippen LogP contribution in [-0.2, 0) is 0 Å². The molecule has 0 aromatic heterocycles. The topological polar surface area (TPSA) is 35.5 Å². The van der Waals surface area contributed by atoms with Crippen molar-refractivity contribution in [3.63, 3.8) is 0 Å². The van der Waals surface area contributed by atoms with Gasteiger partial charge >= 0.3 is 0 Å². The molecule has 0 spiro atoms. The minimum atomic E-state index is 0.337. The molecule has 1 saturated heterocycles. The second kappa shape index (κ2) is 7.30. The summed E-state index contributed by atoms with van der Waals surface area (Å²) >= 11 is 0. The highest BCUT2D eigenvalue weighted by Crippen LogP contribution is 2.05. The Kier molecular flexibility index (Phi) is 6.15. The zero-order valence-electron chi connectivity index (χ0n) is 8.47. The maximum atomic E-state index is 8.58. The van der Waals surface area contributed by atoms with Crippen molar-refractivity contribution in [1.29, 1.82) is 0 Å². The Morgan fingerprint density at radius 2 is 1.77 bits per heavy atom. The van der Waals surface area contributed by atoms with Gasteiger partial charge in [0.1, 0.15) is 0 Å². The SMILES string of the molecule is OCCCCCNN1CCCCC1. The maximum absolute atomic E-state index is 8.58. The molecule has 78 valence electrons. The van der Waals surface area contributed by atoms with Gasteiger partial charge in [0.2, 0.25) is 0 Å². The van der Waals surface area contributed by atoms with Crippen LogP contribution in [0.3, 0.4) is 0 Å². The lowest BCUT2D eigenvalue weighted by Gasteiger charge is -2.27. The fourth-order valence-corrected chi connectivity index (χ4v) is 1.70. The zero-order chi connectivity index (χ0) is 9.36. The van der Waals surface area contributed by atoms with Crippen LogP contribution in [0.5, 0.6) is 0 Å². The van der Waals surface area contributed by atoms with Gasteiger partial charge in [-0.2, -0.15) is 0 Å².